The van der Waals surface area contributed by atoms with Gasteiger partial charge in [0.15, 0.2) is 15.7 Å². The summed E-state index contributed by atoms with van der Waals surface area (Å²) in [5.74, 6) is 2.54. The third kappa shape index (κ3) is 2.55. The number of nitrogens with zero attached hydrogens (tertiary/aromatic N) is 3. The maximum atomic E-state index is 12.0. The van der Waals surface area contributed by atoms with E-state index >= 15 is 0 Å². The summed E-state index contributed by atoms with van der Waals surface area (Å²) in [6.45, 7) is 3.09. The fraction of sp³-hybridized carbons (Fsp3) is 0.846. The van der Waals surface area contributed by atoms with Crippen LogP contribution in [-0.4, -0.2) is 34.2 Å². The van der Waals surface area contributed by atoms with Crippen molar-refractivity contribution in [2.24, 2.45) is 0 Å². The maximum Gasteiger partial charge on any atom is 0.153 e. The first-order chi connectivity index (χ1) is 9.06. The highest BCUT2D eigenvalue weighted by Gasteiger charge is 2.31. The molecule has 2 atom stereocenters. The van der Waals surface area contributed by atoms with Gasteiger partial charge in [-0.1, -0.05) is 13.3 Å². The molecule has 1 fully saturated rings. The molecule has 0 aromatic carbocycles. The minimum absolute atomic E-state index is 0.263. The van der Waals surface area contributed by atoms with E-state index in [2.05, 4.69) is 17.0 Å². The maximum absolute atomic E-state index is 12.0. The third-order valence-corrected chi connectivity index (χ3v) is 6.59. The minimum Gasteiger partial charge on any atom is -0.250 e. The van der Waals surface area contributed by atoms with Gasteiger partial charge >= 0.3 is 0 Å². The first-order valence-corrected chi connectivity index (χ1v) is 8.93. The highest BCUT2D eigenvalue weighted by Crippen LogP contribution is 2.26. The van der Waals surface area contributed by atoms with Crippen molar-refractivity contribution in [2.45, 2.75) is 63.2 Å². The van der Waals surface area contributed by atoms with Crippen LogP contribution in [0.4, 0.5) is 0 Å². The van der Waals surface area contributed by atoms with Gasteiger partial charge in [-0.2, -0.15) is 5.10 Å². The van der Waals surface area contributed by atoms with Crippen molar-refractivity contribution in [2.75, 3.05) is 5.75 Å². The Kier molecular flexibility index (Phi) is 3.37. The normalized spacial score (nSPS) is 29.9. The molecule has 2 aliphatic rings. The third-order valence-electron chi connectivity index (χ3n) is 4.32. The van der Waals surface area contributed by atoms with Crippen LogP contribution in [0, 0.1) is 0 Å². The monoisotopic (exact) mass is 283 g/mol. The van der Waals surface area contributed by atoms with Crippen molar-refractivity contribution in [1.29, 1.82) is 0 Å². The summed E-state index contributed by atoms with van der Waals surface area (Å²) in [4.78, 5) is 4.58. The van der Waals surface area contributed by atoms with Gasteiger partial charge < -0.3 is 0 Å². The van der Waals surface area contributed by atoms with Gasteiger partial charge in [-0.05, 0) is 25.7 Å². The Hall–Kier alpha value is -0.910. The SMILES string of the molecule is CC1CCCn2nc(CC3CCCCS3(=O)=O)nc21. The second-order valence-corrected chi connectivity index (χ2v) is 8.24. The molecule has 0 radical (unpaired) electrons. The van der Waals surface area contributed by atoms with E-state index in [-0.39, 0.29) is 5.25 Å². The Morgan fingerprint density at radius 2 is 2.11 bits per heavy atom. The summed E-state index contributed by atoms with van der Waals surface area (Å²) >= 11 is 0. The highest BCUT2D eigenvalue weighted by atomic mass is 32.2. The summed E-state index contributed by atoms with van der Waals surface area (Å²) in [7, 11) is -2.93. The van der Waals surface area contributed by atoms with Gasteiger partial charge in [-0.25, -0.2) is 18.1 Å². The van der Waals surface area contributed by atoms with Crippen LogP contribution >= 0.6 is 0 Å². The van der Waals surface area contributed by atoms with Crippen molar-refractivity contribution in [3.05, 3.63) is 11.6 Å². The molecule has 0 saturated carbocycles. The Balaban J connectivity index is 1.80. The molecule has 5 nitrogen and oxygen atoms in total. The summed E-state index contributed by atoms with van der Waals surface area (Å²) < 4.78 is 26.0. The number of aryl methyl sites for hydroxylation is 1. The molecule has 3 rings (SSSR count). The lowest BCUT2D eigenvalue weighted by Gasteiger charge is -2.20. The lowest BCUT2D eigenvalue weighted by atomic mass is 10.0. The molecule has 19 heavy (non-hydrogen) atoms. The van der Waals surface area contributed by atoms with Crippen molar-refractivity contribution in [1.82, 2.24) is 14.8 Å². The van der Waals surface area contributed by atoms with Gasteiger partial charge in [0.05, 0.1) is 11.0 Å². The summed E-state index contributed by atoms with van der Waals surface area (Å²) in [6, 6.07) is 0. The van der Waals surface area contributed by atoms with Crippen molar-refractivity contribution >= 4 is 9.84 Å². The van der Waals surface area contributed by atoms with Crippen LogP contribution in [-0.2, 0) is 22.8 Å². The van der Waals surface area contributed by atoms with Gasteiger partial charge in [0.1, 0.15) is 5.82 Å². The quantitative estimate of drug-likeness (QED) is 0.828. The Bertz CT molecular complexity index is 564. The van der Waals surface area contributed by atoms with Crippen LogP contribution in [0.3, 0.4) is 0 Å². The average Bonchev–Trinajstić information content (AvgIpc) is 2.76. The van der Waals surface area contributed by atoms with Crippen LogP contribution in [0.25, 0.3) is 0 Å². The number of fused-ring (bicyclic) bond motifs is 1. The molecule has 0 bridgehead atoms. The first-order valence-electron chi connectivity index (χ1n) is 7.21. The number of rotatable bonds is 2. The lowest BCUT2D eigenvalue weighted by Crippen LogP contribution is -2.30. The van der Waals surface area contributed by atoms with Crippen molar-refractivity contribution in [3.63, 3.8) is 0 Å². The van der Waals surface area contributed by atoms with E-state index in [1.54, 1.807) is 0 Å². The Labute approximate surface area is 114 Å². The molecule has 0 aliphatic carbocycles. The van der Waals surface area contributed by atoms with Gasteiger partial charge in [0.25, 0.3) is 0 Å². The van der Waals surface area contributed by atoms with E-state index in [0.717, 1.165) is 50.3 Å². The van der Waals surface area contributed by atoms with E-state index in [4.69, 9.17) is 0 Å². The molecule has 0 amide bonds. The topological polar surface area (TPSA) is 64.8 Å². The molecule has 0 N–H and O–H groups in total. The second kappa shape index (κ2) is 4.89. The number of sulfone groups is 1. The van der Waals surface area contributed by atoms with Crippen LogP contribution in [0.2, 0.25) is 0 Å². The molecule has 6 heteroatoms. The molecule has 106 valence electrons. The van der Waals surface area contributed by atoms with E-state index < -0.39 is 9.84 Å². The fourth-order valence-corrected chi connectivity index (χ4v) is 5.02. The highest BCUT2D eigenvalue weighted by molar-refractivity contribution is 7.92. The number of hydrogen-bond donors (Lipinski definition) is 0. The smallest absolute Gasteiger partial charge is 0.153 e. The summed E-state index contributed by atoms with van der Waals surface area (Å²) in [5, 5.41) is 4.24. The van der Waals surface area contributed by atoms with E-state index in [0.29, 0.717) is 18.1 Å². The predicted molar refractivity (Wildman–Crippen MR) is 72.8 cm³/mol. The van der Waals surface area contributed by atoms with Crippen molar-refractivity contribution in [3.8, 4) is 0 Å². The molecule has 1 aromatic rings. The van der Waals surface area contributed by atoms with Crippen LogP contribution in [0.15, 0.2) is 0 Å². The molecule has 1 saturated heterocycles. The van der Waals surface area contributed by atoms with Gasteiger partial charge in [0.2, 0.25) is 0 Å². The van der Waals surface area contributed by atoms with Gasteiger partial charge in [-0.15, -0.1) is 0 Å². The zero-order valence-electron chi connectivity index (χ0n) is 11.4. The van der Waals surface area contributed by atoms with E-state index in [1.165, 1.54) is 0 Å². The van der Waals surface area contributed by atoms with Gasteiger partial charge in [-0.3, -0.25) is 0 Å². The minimum atomic E-state index is -2.93. The zero-order valence-corrected chi connectivity index (χ0v) is 12.2. The summed E-state index contributed by atoms with van der Waals surface area (Å²) in [6.07, 6.45) is 5.37. The Morgan fingerprint density at radius 1 is 1.26 bits per heavy atom. The van der Waals surface area contributed by atoms with Crippen LogP contribution < -0.4 is 0 Å². The molecular weight excluding hydrogens is 262 g/mol. The molecule has 0 spiro atoms. The number of hydrogen-bond acceptors (Lipinski definition) is 4. The van der Waals surface area contributed by atoms with E-state index in [1.807, 2.05) is 4.68 Å². The molecular formula is C13H21N3O2S. The Morgan fingerprint density at radius 3 is 2.84 bits per heavy atom. The standard InChI is InChI=1S/C13H21N3O2S/c1-10-5-4-7-16-13(10)14-12(15-16)9-11-6-2-3-8-19(11,17)18/h10-11H,2-9H2,1H3. The molecule has 1 aromatic heterocycles. The molecule has 2 aliphatic heterocycles. The van der Waals surface area contributed by atoms with Gasteiger partial charge in [0, 0.05) is 18.9 Å². The zero-order chi connectivity index (χ0) is 13.5. The fourth-order valence-electron chi connectivity index (χ4n) is 3.15. The van der Waals surface area contributed by atoms with Crippen molar-refractivity contribution < 1.29 is 8.42 Å². The average molecular weight is 283 g/mol. The lowest BCUT2D eigenvalue weighted by molar-refractivity contribution is 0.431. The molecule has 3 heterocycles. The van der Waals surface area contributed by atoms with Crippen LogP contribution in [0.5, 0.6) is 0 Å². The molecule has 2 unspecified atom stereocenters. The van der Waals surface area contributed by atoms with E-state index in [9.17, 15) is 8.42 Å². The largest absolute Gasteiger partial charge is 0.250 e. The number of aromatic nitrogens is 3. The van der Waals surface area contributed by atoms with Crippen LogP contribution in [0.1, 0.15) is 56.6 Å². The second-order valence-electron chi connectivity index (χ2n) is 5.84. The predicted octanol–water partition coefficient (Wildman–Crippen LogP) is 1.69. The first kappa shape index (κ1) is 13.1. The summed E-state index contributed by atoms with van der Waals surface area (Å²) in [5.41, 5.74) is 0.